The van der Waals surface area contributed by atoms with Crippen molar-refractivity contribution in [3.63, 3.8) is 0 Å². The highest BCUT2D eigenvalue weighted by atomic mass is 16.6. The highest BCUT2D eigenvalue weighted by molar-refractivity contribution is 6.07. The van der Waals surface area contributed by atoms with Crippen LogP contribution in [0.25, 0.3) is 0 Å². The number of esters is 1. The van der Waals surface area contributed by atoms with Crippen molar-refractivity contribution in [3.05, 3.63) is 29.8 Å². The molecule has 0 N–H and O–H groups in total. The van der Waals surface area contributed by atoms with Gasteiger partial charge in [0.1, 0.15) is 5.75 Å². The summed E-state index contributed by atoms with van der Waals surface area (Å²) in [6, 6.07) is 7.29. The fourth-order valence-electron chi connectivity index (χ4n) is 1.69. The maximum Gasteiger partial charge on any atom is 0.340 e. The Balaban J connectivity index is 2.32. The molecular formula is C14H17NO3. The third-order valence-electron chi connectivity index (χ3n) is 3.40. The van der Waals surface area contributed by atoms with Gasteiger partial charge in [-0.3, -0.25) is 0 Å². The number of cyclic esters (lactones) is 1. The molecule has 1 aromatic rings. The van der Waals surface area contributed by atoms with E-state index < -0.39 is 5.54 Å². The normalized spacial score (nSPS) is 22.9. The number of methoxy groups -OCH3 is 1. The highest BCUT2D eigenvalue weighted by Gasteiger charge is 2.44. The Labute approximate surface area is 107 Å². The third kappa shape index (κ3) is 1.98. The molecule has 4 heteroatoms. The van der Waals surface area contributed by atoms with Crippen LogP contribution in [0.1, 0.15) is 26.3 Å². The van der Waals surface area contributed by atoms with Crippen LogP contribution in [0.15, 0.2) is 29.3 Å². The summed E-state index contributed by atoms with van der Waals surface area (Å²) in [4.78, 5) is 16.3. The number of ether oxygens (including phenoxy) is 2. The molecule has 0 saturated heterocycles. The average Bonchev–Trinajstić information content (AvgIpc) is 2.67. The molecule has 1 atom stereocenters. The van der Waals surface area contributed by atoms with Gasteiger partial charge in [0.2, 0.25) is 5.90 Å². The van der Waals surface area contributed by atoms with Crippen molar-refractivity contribution >= 4 is 11.9 Å². The zero-order valence-electron chi connectivity index (χ0n) is 11.1. The number of benzene rings is 1. The zero-order valence-corrected chi connectivity index (χ0v) is 11.1. The molecule has 0 aromatic heterocycles. The van der Waals surface area contributed by atoms with Gasteiger partial charge in [0.05, 0.1) is 7.11 Å². The van der Waals surface area contributed by atoms with Crippen molar-refractivity contribution in [2.75, 3.05) is 7.11 Å². The molecule has 0 bridgehead atoms. The minimum atomic E-state index is -0.782. The molecule has 0 radical (unpaired) electrons. The molecule has 96 valence electrons. The summed E-state index contributed by atoms with van der Waals surface area (Å²) < 4.78 is 10.4. The Hall–Kier alpha value is -1.84. The molecule has 0 saturated carbocycles. The van der Waals surface area contributed by atoms with Crippen molar-refractivity contribution in [2.45, 2.75) is 26.3 Å². The van der Waals surface area contributed by atoms with Crippen LogP contribution in [-0.4, -0.2) is 24.5 Å². The van der Waals surface area contributed by atoms with Gasteiger partial charge in [0.25, 0.3) is 0 Å². The lowest BCUT2D eigenvalue weighted by Gasteiger charge is -2.19. The topological polar surface area (TPSA) is 47.9 Å². The second-order valence-electron chi connectivity index (χ2n) is 4.84. The average molecular weight is 247 g/mol. The minimum absolute atomic E-state index is 0.0979. The van der Waals surface area contributed by atoms with E-state index in [9.17, 15) is 4.79 Å². The number of carbonyl (C=O) groups is 1. The van der Waals surface area contributed by atoms with Crippen molar-refractivity contribution in [2.24, 2.45) is 10.9 Å². The van der Waals surface area contributed by atoms with Gasteiger partial charge in [0.15, 0.2) is 5.54 Å². The predicted molar refractivity (Wildman–Crippen MR) is 68.9 cm³/mol. The summed E-state index contributed by atoms with van der Waals surface area (Å²) in [6.07, 6.45) is 0. The lowest BCUT2D eigenvalue weighted by molar-refractivity contribution is -0.139. The first-order valence-corrected chi connectivity index (χ1v) is 5.94. The maximum absolute atomic E-state index is 11.9. The molecule has 0 fully saturated rings. The van der Waals surface area contributed by atoms with Crippen LogP contribution in [0.5, 0.6) is 5.75 Å². The van der Waals surface area contributed by atoms with Crippen LogP contribution in [-0.2, 0) is 9.53 Å². The summed E-state index contributed by atoms with van der Waals surface area (Å²) >= 11 is 0. The Morgan fingerprint density at radius 1 is 1.28 bits per heavy atom. The van der Waals surface area contributed by atoms with Crippen molar-refractivity contribution in [1.82, 2.24) is 0 Å². The van der Waals surface area contributed by atoms with Crippen molar-refractivity contribution < 1.29 is 14.3 Å². The molecule has 4 nitrogen and oxygen atoms in total. The van der Waals surface area contributed by atoms with E-state index >= 15 is 0 Å². The van der Waals surface area contributed by atoms with Crippen LogP contribution in [0.4, 0.5) is 0 Å². The molecule has 1 aliphatic heterocycles. The highest BCUT2D eigenvalue weighted by Crippen LogP contribution is 2.30. The van der Waals surface area contributed by atoms with Gasteiger partial charge in [-0.2, -0.15) is 0 Å². The molecule has 1 aliphatic rings. The molecular weight excluding hydrogens is 230 g/mol. The number of rotatable bonds is 3. The molecule has 1 heterocycles. The lowest BCUT2D eigenvalue weighted by atomic mass is 9.90. The van der Waals surface area contributed by atoms with Crippen LogP contribution in [0, 0.1) is 5.92 Å². The second kappa shape index (κ2) is 4.44. The molecule has 1 aromatic carbocycles. The van der Waals surface area contributed by atoms with E-state index in [4.69, 9.17) is 9.47 Å². The van der Waals surface area contributed by atoms with E-state index in [1.165, 1.54) is 0 Å². The first kappa shape index (κ1) is 12.6. The van der Waals surface area contributed by atoms with Gasteiger partial charge in [-0.05, 0) is 37.1 Å². The molecule has 0 amide bonds. The molecule has 2 rings (SSSR count). The summed E-state index contributed by atoms with van der Waals surface area (Å²) in [7, 11) is 1.61. The molecule has 0 aliphatic carbocycles. The fourth-order valence-corrected chi connectivity index (χ4v) is 1.69. The Bertz CT molecular complexity index is 490. The predicted octanol–water partition coefficient (Wildman–Crippen LogP) is 2.41. The van der Waals surface area contributed by atoms with Crippen LogP contribution < -0.4 is 4.74 Å². The largest absolute Gasteiger partial charge is 0.497 e. The summed E-state index contributed by atoms with van der Waals surface area (Å²) in [5.41, 5.74) is 0.00319. The van der Waals surface area contributed by atoms with Crippen LogP contribution in [0.3, 0.4) is 0 Å². The first-order valence-electron chi connectivity index (χ1n) is 5.94. The van der Waals surface area contributed by atoms with Crippen molar-refractivity contribution in [3.8, 4) is 5.75 Å². The monoisotopic (exact) mass is 247 g/mol. The standard InChI is InChI=1S/C14H17NO3/c1-9(2)14(3)13(16)18-12(15-14)10-5-7-11(17-4)8-6-10/h5-9H,1-4H3. The van der Waals surface area contributed by atoms with Gasteiger partial charge < -0.3 is 9.47 Å². The summed E-state index contributed by atoms with van der Waals surface area (Å²) in [6.45, 7) is 5.72. The molecule has 1 unspecified atom stereocenters. The second-order valence-corrected chi connectivity index (χ2v) is 4.84. The first-order chi connectivity index (χ1) is 8.47. The number of nitrogens with zero attached hydrogens (tertiary/aromatic N) is 1. The smallest absolute Gasteiger partial charge is 0.340 e. The van der Waals surface area contributed by atoms with E-state index in [0.29, 0.717) is 5.90 Å². The van der Waals surface area contributed by atoms with Gasteiger partial charge in [-0.25, -0.2) is 9.79 Å². The van der Waals surface area contributed by atoms with Crippen LogP contribution in [0.2, 0.25) is 0 Å². The van der Waals surface area contributed by atoms with E-state index in [2.05, 4.69) is 4.99 Å². The summed E-state index contributed by atoms with van der Waals surface area (Å²) in [5, 5.41) is 0. The van der Waals surface area contributed by atoms with Crippen molar-refractivity contribution in [1.29, 1.82) is 0 Å². The number of hydrogen-bond acceptors (Lipinski definition) is 4. The van der Waals surface area contributed by atoms with Gasteiger partial charge in [-0.15, -0.1) is 0 Å². The van der Waals surface area contributed by atoms with Gasteiger partial charge in [-0.1, -0.05) is 13.8 Å². The van der Waals surface area contributed by atoms with Gasteiger partial charge >= 0.3 is 5.97 Å². The summed E-state index contributed by atoms with van der Waals surface area (Å²) in [5.74, 6) is 0.957. The zero-order chi connectivity index (χ0) is 13.3. The number of hydrogen-bond donors (Lipinski definition) is 0. The fraction of sp³-hybridized carbons (Fsp3) is 0.429. The molecule has 18 heavy (non-hydrogen) atoms. The molecule has 0 spiro atoms. The van der Waals surface area contributed by atoms with Crippen LogP contribution >= 0.6 is 0 Å². The lowest BCUT2D eigenvalue weighted by Crippen LogP contribution is -2.35. The minimum Gasteiger partial charge on any atom is -0.497 e. The van der Waals surface area contributed by atoms with E-state index in [1.54, 1.807) is 14.0 Å². The van der Waals surface area contributed by atoms with Gasteiger partial charge in [0, 0.05) is 5.56 Å². The quantitative estimate of drug-likeness (QED) is 0.771. The SMILES string of the molecule is COc1ccc(C2=NC(C)(C(C)C)C(=O)O2)cc1. The third-order valence-corrected chi connectivity index (χ3v) is 3.40. The van der Waals surface area contributed by atoms with E-state index in [0.717, 1.165) is 11.3 Å². The Morgan fingerprint density at radius 3 is 2.33 bits per heavy atom. The number of aliphatic imine (C=N–C) groups is 1. The number of carbonyl (C=O) groups excluding carboxylic acids is 1. The Morgan fingerprint density at radius 2 is 1.89 bits per heavy atom. The van der Waals surface area contributed by atoms with E-state index in [-0.39, 0.29) is 11.9 Å². The Kier molecular flexibility index (Phi) is 3.11. The van der Waals surface area contributed by atoms with E-state index in [1.807, 2.05) is 38.1 Å². The maximum atomic E-state index is 11.9.